The molecule has 28 heavy (non-hydrogen) atoms. The highest BCUT2D eigenvalue weighted by Gasteiger charge is 2.09. The van der Waals surface area contributed by atoms with Crippen LogP contribution in [0.5, 0.6) is 5.75 Å². The van der Waals surface area contributed by atoms with E-state index < -0.39 is 11.8 Å². The number of benzene rings is 3. The number of carbonyl (C=O) groups excluding carboxylic acids is 2. The summed E-state index contributed by atoms with van der Waals surface area (Å²) >= 11 is 9.30. The Bertz CT molecular complexity index is 1040. The Balaban J connectivity index is 1.48. The standard InChI is InChI=1S/C21H16BrClN2O3/c22-21-17-4-2-1-3-15(17)8-11-18(21)28-13-20(27)25-24-19(26)12-7-14-5-9-16(23)10-6-14/h1-12H,13H2,(H,24,26)(H,25,27)/b12-7+. The highest BCUT2D eigenvalue weighted by atomic mass is 79.9. The van der Waals surface area contributed by atoms with Crippen LogP contribution in [-0.4, -0.2) is 18.4 Å². The summed E-state index contributed by atoms with van der Waals surface area (Å²) in [4.78, 5) is 23.7. The van der Waals surface area contributed by atoms with Gasteiger partial charge in [-0.15, -0.1) is 0 Å². The van der Waals surface area contributed by atoms with E-state index in [-0.39, 0.29) is 6.61 Å². The van der Waals surface area contributed by atoms with E-state index in [0.717, 1.165) is 20.8 Å². The number of nitrogens with one attached hydrogen (secondary N) is 2. The summed E-state index contributed by atoms with van der Waals surface area (Å²) in [5, 5.41) is 2.67. The first-order valence-corrected chi connectivity index (χ1v) is 9.52. The number of hydrogen-bond acceptors (Lipinski definition) is 3. The van der Waals surface area contributed by atoms with Crippen molar-refractivity contribution in [2.24, 2.45) is 0 Å². The quantitative estimate of drug-likeness (QED) is 0.436. The highest BCUT2D eigenvalue weighted by molar-refractivity contribution is 9.10. The predicted octanol–water partition coefficient (Wildman–Crippen LogP) is 4.50. The molecule has 2 amide bonds. The van der Waals surface area contributed by atoms with Crippen LogP contribution in [0.25, 0.3) is 16.8 Å². The molecule has 0 aliphatic rings. The molecule has 3 rings (SSSR count). The molecule has 0 saturated carbocycles. The van der Waals surface area contributed by atoms with Gasteiger partial charge in [0.2, 0.25) is 0 Å². The number of hydrazine groups is 1. The van der Waals surface area contributed by atoms with Crippen LogP contribution < -0.4 is 15.6 Å². The molecular formula is C21H16BrClN2O3. The molecule has 7 heteroatoms. The lowest BCUT2D eigenvalue weighted by Crippen LogP contribution is -2.43. The maximum Gasteiger partial charge on any atom is 0.276 e. The molecular weight excluding hydrogens is 444 g/mol. The molecule has 142 valence electrons. The molecule has 0 radical (unpaired) electrons. The number of amides is 2. The molecule has 0 heterocycles. The number of carbonyl (C=O) groups is 2. The van der Waals surface area contributed by atoms with Gasteiger partial charge in [0, 0.05) is 11.1 Å². The van der Waals surface area contributed by atoms with Gasteiger partial charge in [0.15, 0.2) is 6.61 Å². The van der Waals surface area contributed by atoms with Gasteiger partial charge in [0.05, 0.1) is 4.47 Å². The van der Waals surface area contributed by atoms with Crippen LogP contribution in [0.3, 0.4) is 0 Å². The van der Waals surface area contributed by atoms with Crippen molar-refractivity contribution in [3.05, 3.63) is 81.8 Å². The van der Waals surface area contributed by atoms with Crippen LogP contribution in [0.2, 0.25) is 5.02 Å². The summed E-state index contributed by atoms with van der Waals surface area (Å²) in [5.41, 5.74) is 5.42. The fourth-order valence-electron chi connectivity index (χ4n) is 2.42. The molecule has 2 N–H and O–H groups in total. The van der Waals surface area contributed by atoms with Gasteiger partial charge in [-0.05, 0) is 56.5 Å². The van der Waals surface area contributed by atoms with E-state index in [9.17, 15) is 9.59 Å². The van der Waals surface area contributed by atoms with E-state index in [1.165, 1.54) is 6.08 Å². The van der Waals surface area contributed by atoms with E-state index in [1.807, 2.05) is 30.3 Å². The minimum atomic E-state index is -0.478. The van der Waals surface area contributed by atoms with Gasteiger partial charge in [-0.2, -0.15) is 0 Å². The topological polar surface area (TPSA) is 67.4 Å². The Labute approximate surface area is 175 Å². The van der Waals surface area contributed by atoms with Crippen LogP contribution in [0.15, 0.2) is 71.2 Å². The summed E-state index contributed by atoms with van der Waals surface area (Å²) < 4.78 is 6.31. The van der Waals surface area contributed by atoms with Crippen molar-refractivity contribution in [3.8, 4) is 5.75 Å². The Morgan fingerprint density at radius 2 is 1.75 bits per heavy atom. The molecule has 0 saturated heterocycles. The number of fused-ring (bicyclic) bond motifs is 1. The number of rotatable bonds is 5. The maximum atomic E-state index is 11.9. The van der Waals surface area contributed by atoms with E-state index in [0.29, 0.717) is 10.8 Å². The van der Waals surface area contributed by atoms with Crippen molar-refractivity contribution in [1.82, 2.24) is 10.9 Å². The predicted molar refractivity (Wildman–Crippen MR) is 114 cm³/mol. The molecule has 0 aliphatic heterocycles. The van der Waals surface area contributed by atoms with Gasteiger partial charge in [-0.3, -0.25) is 20.4 Å². The third kappa shape index (κ3) is 5.34. The van der Waals surface area contributed by atoms with E-state index in [4.69, 9.17) is 16.3 Å². The van der Waals surface area contributed by atoms with Crippen molar-refractivity contribution in [2.75, 3.05) is 6.61 Å². The molecule has 3 aromatic rings. The van der Waals surface area contributed by atoms with E-state index >= 15 is 0 Å². The number of hydrogen-bond donors (Lipinski definition) is 2. The van der Waals surface area contributed by atoms with Crippen LogP contribution in [0.4, 0.5) is 0 Å². The molecule has 0 fully saturated rings. The zero-order valence-electron chi connectivity index (χ0n) is 14.6. The van der Waals surface area contributed by atoms with Crippen molar-refractivity contribution in [1.29, 1.82) is 0 Å². The highest BCUT2D eigenvalue weighted by Crippen LogP contribution is 2.32. The normalized spacial score (nSPS) is 10.8. The molecule has 5 nitrogen and oxygen atoms in total. The van der Waals surface area contributed by atoms with Gasteiger partial charge in [-0.1, -0.05) is 54.1 Å². The Hall–Kier alpha value is -2.83. The fourth-order valence-corrected chi connectivity index (χ4v) is 3.16. The van der Waals surface area contributed by atoms with Crippen LogP contribution >= 0.6 is 27.5 Å². The molecule has 0 atom stereocenters. The van der Waals surface area contributed by atoms with Crippen molar-refractivity contribution < 1.29 is 14.3 Å². The zero-order valence-corrected chi connectivity index (χ0v) is 17.0. The van der Waals surface area contributed by atoms with E-state index in [2.05, 4.69) is 26.8 Å². The van der Waals surface area contributed by atoms with Gasteiger partial charge in [-0.25, -0.2) is 0 Å². The summed E-state index contributed by atoms with van der Waals surface area (Å²) in [5.74, 6) is -0.397. The van der Waals surface area contributed by atoms with Crippen LogP contribution in [0, 0.1) is 0 Å². The second-order valence-electron chi connectivity index (χ2n) is 5.81. The van der Waals surface area contributed by atoms with E-state index in [1.54, 1.807) is 36.4 Å². The van der Waals surface area contributed by atoms with Gasteiger partial charge < -0.3 is 4.74 Å². The average molecular weight is 460 g/mol. The maximum absolute atomic E-state index is 11.9. The largest absolute Gasteiger partial charge is 0.483 e. The second kappa shape index (κ2) is 9.39. The summed E-state index contributed by atoms with van der Waals surface area (Å²) in [6.45, 7) is -0.238. The first kappa shape index (κ1) is 19.9. The minimum Gasteiger partial charge on any atom is -0.483 e. The smallest absolute Gasteiger partial charge is 0.276 e. The van der Waals surface area contributed by atoms with Gasteiger partial charge in [0.25, 0.3) is 11.8 Å². The average Bonchev–Trinajstić information content (AvgIpc) is 2.71. The fraction of sp³-hybridized carbons (Fsp3) is 0.0476. The van der Waals surface area contributed by atoms with Crippen LogP contribution in [-0.2, 0) is 9.59 Å². The molecule has 0 bridgehead atoms. The van der Waals surface area contributed by atoms with Crippen molar-refractivity contribution in [3.63, 3.8) is 0 Å². The lowest BCUT2D eigenvalue weighted by molar-refractivity contribution is -0.128. The summed E-state index contributed by atoms with van der Waals surface area (Å²) in [7, 11) is 0. The second-order valence-corrected chi connectivity index (χ2v) is 7.04. The van der Waals surface area contributed by atoms with Gasteiger partial charge >= 0.3 is 0 Å². The van der Waals surface area contributed by atoms with Crippen molar-refractivity contribution >= 4 is 56.2 Å². The molecule has 0 aliphatic carbocycles. The minimum absolute atomic E-state index is 0.238. The summed E-state index contributed by atoms with van der Waals surface area (Å²) in [6.07, 6.45) is 2.92. The third-order valence-corrected chi connectivity index (χ3v) is 4.88. The van der Waals surface area contributed by atoms with Gasteiger partial charge in [0.1, 0.15) is 5.75 Å². The van der Waals surface area contributed by atoms with Crippen LogP contribution in [0.1, 0.15) is 5.56 Å². The molecule has 0 unspecified atom stereocenters. The number of halogens is 2. The third-order valence-electron chi connectivity index (χ3n) is 3.81. The molecule has 3 aromatic carbocycles. The lowest BCUT2D eigenvalue weighted by Gasteiger charge is -2.10. The molecule has 0 spiro atoms. The summed E-state index contributed by atoms with van der Waals surface area (Å²) in [6, 6.07) is 18.5. The first-order chi connectivity index (χ1) is 13.5. The molecule has 0 aromatic heterocycles. The Kier molecular flexibility index (Phi) is 6.68. The Morgan fingerprint density at radius 1 is 1.00 bits per heavy atom. The lowest BCUT2D eigenvalue weighted by atomic mass is 10.1. The Morgan fingerprint density at radius 3 is 2.54 bits per heavy atom. The SMILES string of the molecule is O=C(/C=C/c1ccc(Cl)cc1)NNC(=O)COc1ccc2ccccc2c1Br. The van der Waals surface area contributed by atoms with Crippen molar-refractivity contribution in [2.45, 2.75) is 0 Å². The zero-order chi connectivity index (χ0) is 19.9. The number of ether oxygens (including phenoxy) is 1. The monoisotopic (exact) mass is 458 g/mol. The first-order valence-electron chi connectivity index (χ1n) is 8.35.